The number of amides is 2. The summed E-state index contributed by atoms with van der Waals surface area (Å²) in [5.74, 6) is 1.09. The Morgan fingerprint density at radius 1 is 1.21 bits per heavy atom. The molecule has 0 N–H and O–H groups in total. The van der Waals surface area contributed by atoms with Crippen molar-refractivity contribution in [2.45, 2.75) is 18.3 Å². The lowest BCUT2D eigenvalue weighted by molar-refractivity contribution is -0.143. The second-order valence-electron chi connectivity index (χ2n) is 7.17. The molecule has 0 unspecified atom stereocenters. The van der Waals surface area contributed by atoms with E-state index in [1.807, 2.05) is 49.4 Å². The molecule has 2 aromatic carbocycles. The Balaban J connectivity index is 1.82. The van der Waals surface area contributed by atoms with Gasteiger partial charge in [0.2, 0.25) is 5.91 Å². The maximum atomic E-state index is 13.9. The molecule has 0 bridgehead atoms. The van der Waals surface area contributed by atoms with Crippen molar-refractivity contribution in [2.75, 3.05) is 38.0 Å². The normalized spacial score (nSPS) is 20.4. The molecule has 152 valence electrons. The highest BCUT2D eigenvalue weighted by Crippen LogP contribution is 2.55. The zero-order chi connectivity index (χ0) is 20.6. The standard InChI is InChI=1S/C22H24N2O4S/c1-15-6-4-5-7-16(15)13-23-19-9-8-17(28-3)12-18(19)22(21(23)26)24(10-11-29-22)20(25)14-27-2/h4-9,12H,10-11,13-14H2,1-3H3/t22-/m1/s1. The summed E-state index contributed by atoms with van der Waals surface area (Å²) in [6, 6.07) is 13.7. The number of thioether (sulfide) groups is 1. The number of carbonyl (C=O) groups is 2. The van der Waals surface area contributed by atoms with Crippen molar-refractivity contribution in [1.29, 1.82) is 0 Å². The molecule has 0 saturated carbocycles. The Morgan fingerprint density at radius 3 is 2.72 bits per heavy atom. The quantitative estimate of drug-likeness (QED) is 0.756. The van der Waals surface area contributed by atoms with Crippen molar-refractivity contribution in [2.24, 2.45) is 0 Å². The molecule has 1 saturated heterocycles. The van der Waals surface area contributed by atoms with E-state index in [1.54, 1.807) is 16.9 Å². The van der Waals surface area contributed by atoms with Crippen LogP contribution < -0.4 is 9.64 Å². The Kier molecular flexibility index (Phi) is 5.27. The molecular formula is C22H24N2O4S. The summed E-state index contributed by atoms with van der Waals surface area (Å²) in [5, 5.41) is 0. The third-order valence-electron chi connectivity index (χ3n) is 5.56. The molecule has 29 heavy (non-hydrogen) atoms. The fourth-order valence-corrected chi connectivity index (χ4v) is 5.56. The molecule has 2 heterocycles. The number of nitrogens with zero attached hydrogens (tertiary/aromatic N) is 2. The van der Waals surface area contributed by atoms with Gasteiger partial charge in [0, 0.05) is 25.0 Å². The highest BCUT2D eigenvalue weighted by Gasteiger charge is 2.59. The predicted molar refractivity (Wildman–Crippen MR) is 113 cm³/mol. The molecule has 2 amide bonds. The van der Waals surface area contributed by atoms with Gasteiger partial charge in [-0.15, -0.1) is 11.8 Å². The Bertz CT molecular complexity index is 964. The molecular weight excluding hydrogens is 388 g/mol. The first kappa shape index (κ1) is 19.8. The van der Waals surface area contributed by atoms with Gasteiger partial charge in [-0.1, -0.05) is 24.3 Å². The van der Waals surface area contributed by atoms with Gasteiger partial charge in [-0.3, -0.25) is 9.59 Å². The second kappa shape index (κ2) is 7.72. The van der Waals surface area contributed by atoms with Gasteiger partial charge in [-0.25, -0.2) is 0 Å². The highest BCUT2D eigenvalue weighted by atomic mass is 32.2. The van der Waals surface area contributed by atoms with E-state index in [-0.39, 0.29) is 18.4 Å². The van der Waals surface area contributed by atoms with E-state index in [1.165, 1.54) is 18.9 Å². The van der Waals surface area contributed by atoms with E-state index in [0.29, 0.717) is 24.6 Å². The predicted octanol–water partition coefficient (Wildman–Crippen LogP) is 2.93. The molecule has 0 aromatic heterocycles. The van der Waals surface area contributed by atoms with Gasteiger partial charge in [0.05, 0.1) is 19.3 Å². The zero-order valence-electron chi connectivity index (χ0n) is 16.8. The molecule has 7 heteroatoms. The van der Waals surface area contributed by atoms with Gasteiger partial charge in [0.15, 0.2) is 4.87 Å². The van der Waals surface area contributed by atoms with Crippen molar-refractivity contribution in [1.82, 2.24) is 4.90 Å². The van der Waals surface area contributed by atoms with Crippen LogP contribution in [0.15, 0.2) is 42.5 Å². The SMILES string of the molecule is COCC(=O)N1CCS[C@]12C(=O)N(Cc1ccccc1C)c1ccc(OC)cc12. The van der Waals surface area contributed by atoms with Crippen LogP contribution >= 0.6 is 11.8 Å². The number of anilines is 1. The van der Waals surface area contributed by atoms with E-state index >= 15 is 0 Å². The minimum atomic E-state index is -1.07. The van der Waals surface area contributed by atoms with Crippen LogP contribution in [-0.2, 0) is 25.7 Å². The topological polar surface area (TPSA) is 59.1 Å². The van der Waals surface area contributed by atoms with Crippen LogP contribution in [-0.4, -0.2) is 49.8 Å². The fourth-order valence-electron chi connectivity index (χ4n) is 4.09. The van der Waals surface area contributed by atoms with Crippen LogP contribution in [0.25, 0.3) is 0 Å². The summed E-state index contributed by atoms with van der Waals surface area (Å²) < 4.78 is 10.5. The molecule has 1 fully saturated rings. The van der Waals surface area contributed by atoms with Crippen molar-refractivity contribution >= 4 is 29.3 Å². The monoisotopic (exact) mass is 412 g/mol. The van der Waals surface area contributed by atoms with Crippen LogP contribution in [0.2, 0.25) is 0 Å². The first-order valence-electron chi connectivity index (χ1n) is 9.51. The molecule has 6 nitrogen and oxygen atoms in total. The van der Waals surface area contributed by atoms with E-state index < -0.39 is 4.87 Å². The lowest BCUT2D eigenvalue weighted by atomic mass is 10.1. The van der Waals surface area contributed by atoms with Crippen LogP contribution in [0.5, 0.6) is 5.75 Å². The minimum absolute atomic E-state index is 0.0489. The van der Waals surface area contributed by atoms with Crippen LogP contribution in [0.4, 0.5) is 5.69 Å². The molecule has 1 atom stereocenters. The summed E-state index contributed by atoms with van der Waals surface area (Å²) in [5.41, 5.74) is 3.84. The summed E-state index contributed by atoms with van der Waals surface area (Å²) in [6.07, 6.45) is 0. The number of aryl methyl sites for hydroxylation is 1. The van der Waals surface area contributed by atoms with Crippen molar-refractivity contribution in [3.63, 3.8) is 0 Å². The molecule has 2 aliphatic rings. The number of hydrogen-bond acceptors (Lipinski definition) is 5. The number of fused-ring (bicyclic) bond motifs is 2. The summed E-state index contributed by atoms with van der Waals surface area (Å²) in [7, 11) is 3.09. The number of benzene rings is 2. The van der Waals surface area contributed by atoms with Crippen LogP contribution in [0.3, 0.4) is 0 Å². The van der Waals surface area contributed by atoms with Gasteiger partial charge >= 0.3 is 0 Å². The van der Waals surface area contributed by atoms with Crippen molar-refractivity contribution in [3.8, 4) is 5.75 Å². The Hall–Kier alpha value is -2.51. The Labute approximate surface area is 174 Å². The van der Waals surface area contributed by atoms with E-state index in [0.717, 1.165) is 22.4 Å². The van der Waals surface area contributed by atoms with E-state index in [2.05, 4.69) is 0 Å². The first-order valence-corrected chi connectivity index (χ1v) is 10.5. The fraction of sp³-hybridized carbons (Fsp3) is 0.364. The molecule has 1 spiro atoms. The highest BCUT2D eigenvalue weighted by molar-refractivity contribution is 8.01. The number of methoxy groups -OCH3 is 2. The summed E-state index contributed by atoms with van der Waals surface area (Å²) in [4.78, 5) is 29.1. The second-order valence-corrected chi connectivity index (χ2v) is 8.46. The molecule has 0 aliphatic carbocycles. The van der Waals surface area contributed by atoms with Gasteiger partial charge in [-0.05, 0) is 36.2 Å². The maximum Gasteiger partial charge on any atom is 0.268 e. The molecule has 2 aliphatic heterocycles. The third-order valence-corrected chi connectivity index (χ3v) is 6.98. The molecule has 0 radical (unpaired) electrons. The third kappa shape index (κ3) is 3.09. The zero-order valence-corrected chi connectivity index (χ0v) is 17.6. The lowest BCUT2D eigenvalue weighted by Crippen LogP contribution is -2.51. The maximum absolute atomic E-state index is 13.9. The largest absolute Gasteiger partial charge is 0.497 e. The average Bonchev–Trinajstić information content (AvgIpc) is 3.27. The van der Waals surface area contributed by atoms with Gasteiger partial charge in [0.1, 0.15) is 12.4 Å². The smallest absolute Gasteiger partial charge is 0.268 e. The Morgan fingerprint density at radius 2 is 2.00 bits per heavy atom. The summed E-state index contributed by atoms with van der Waals surface area (Å²) >= 11 is 1.51. The first-order chi connectivity index (χ1) is 14.0. The number of carbonyl (C=O) groups excluding carboxylic acids is 2. The van der Waals surface area contributed by atoms with Crippen LogP contribution in [0.1, 0.15) is 16.7 Å². The van der Waals surface area contributed by atoms with Crippen LogP contribution in [0, 0.1) is 6.92 Å². The molecule has 4 rings (SSSR count). The van der Waals surface area contributed by atoms with Gasteiger partial charge in [-0.2, -0.15) is 0 Å². The number of rotatable bonds is 5. The number of ether oxygens (including phenoxy) is 2. The number of hydrogen-bond donors (Lipinski definition) is 0. The van der Waals surface area contributed by atoms with Gasteiger partial charge in [0.25, 0.3) is 5.91 Å². The van der Waals surface area contributed by atoms with Gasteiger partial charge < -0.3 is 19.3 Å². The summed E-state index contributed by atoms with van der Waals surface area (Å²) in [6.45, 7) is 2.96. The average molecular weight is 413 g/mol. The van der Waals surface area contributed by atoms with Crippen molar-refractivity contribution in [3.05, 3.63) is 59.2 Å². The van der Waals surface area contributed by atoms with E-state index in [4.69, 9.17) is 9.47 Å². The molecule has 2 aromatic rings. The lowest BCUT2D eigenvalue weighted by Gasteiger charge is -2.33. The van der Waals surface area contributed by atoms with E-state index in [9.17, 15) is 9.59 Å². The van der Waals surface area contributed by atoms with Crippen molar-refractivity contribution < 1.29 is 19.1 Å². The minimum Gasteiger partial charge on any atom is -0.497 e.